The number of alkyl halides is 3. The van der Waals surface area contributed by atoms with E-state index in [9.17, 15) is 21.8 Å². The van der Waals surface area contributed by atoms with Gasteiger partial charge in [-0.05, 0) is 49.6 Å². The van der Waals surface area contributed by atoms with Crippen LogP contribution in [0.3, 0.4) is 0 Å². The molecule has 1 aromatic heterocycles. The minimum absolute atomic E-state index is 0.0822. The standard InChI is InChI=1S/C18H16ClF4N3OS/c1-10-6-13(20)14(7-15(10)28(27)9-18(21,22)23)26-17(25-12-3-4-12)11-2-5-16(19)24-8-11/h2,5-8,12H,3-4,9H2,1H3,(H,25,26). The molecule has 4 nitrogen and oxygen atoms in total. The SMILES string of the molecule is Cc1cc(F)c(NC(=NC2CC2)c2ccc(Cl)nc2)cc1S(=O)CC(F)(F)F. The van der Waals surface area contributed by atoms with Crippen molar-refractivity contribution in [3.8, 4) is 0 Å². The molecule has 1 heterocycles. The van der Waals surface area contributed by atoms with Gasteiger partial charge < -0.3 is 5.32 Å². The molecule has 3 rings (SSSR count). The normalized spacial score (nSPS) is 16.1. The van der Waals surface area contributed by atoms with Gasteiger partial charge in [-0.25, -0.2) is 9.37 Å². The first-order chi connectivity index (χ1) is 13.1. The highest BCUT2D eigenvalue weighted by molar-refractivity contribution is 7.85. The quantitative estimate of drug-likeness (QED) is 0.316. The van der Waals surface area contributed by atoms with Gasteiger partial charge in [0.15, 0.2) is 0 Å². The maximum absolute atomic E-state index is 14.4. The summed E-state index contributed by atoms with van der Waals surface area (Å²) in [4.78, 5) is 8.37. The van der Waals surface area contributed by atoms with Gasteiger partial charge in [-0.1, -0.05) is 11.6 Å². The molecule has 1 N–H and O–H groups in total. The zero-order valence-electron chi connectivity index (χ0n) is 14.7. The molecular formula is C18H16ClF4N3OS. The van der Waals surface area contributed by atoms with Crippen LogP contribution < -0.4 is 5.32 Å². The lowest BCUT2D eigenvalue weighted by Crippen LogP contribution is -2.20. The second-order valence-corrected chi connectivity index (χ2v) is 8.21. The first kappa shape index (κ1) is 20.7. The van der Waals surface area contributed by atoms with Crippen LogP contribution in [-0.4, -0.2) is 33.0 Å². The summed E-state index contributed by atoms with van der Waals surface area (Å²) in [5.41, 5.74) is 0.624. The minimum atomic E-state index is -4.59. The molecule has 1 atom stereocenters. The number of hydrogen-bond donors (Lipinski definition) is 1. The van der Waals surface area contributed by atoms with E-state index in [0.717, 1.165) is 25.0 Å². The third kappa shape index (κ3) is 5.51. The van der Waals surface area contributed by atoms with E-state index in [4.69, 9.17) is 11.6 Å². The summed E-state index contributed by atoms with van der Waals surface area (Å²) < 4.78 is 64.4. The Morgan fingerprint density at radius 3 is 2.64 bits per heavy atom. The van der Waals surface area contributed by atoms with Gasteiger partial charge in [-0.3, -0.25) is 9.20 Å². The molecule has 2 aromatic rings. The smallest absolute Gasteiger partial charge is 0.338 e. The van der Waals surface area contributed by atoms with E-state index in [2.05, 4.69) is 15.3 Å². The molecule has 0 radical (unpaired) electrons. The molecule has 1 aromatic carbocycles. The molecule has 150 valence electrons. The first-order valence-corrected chi connectivity index (χ1v) is 10.0. The molecule has 28 heavy (non-hydrogen) atoms. The fraction of sp³-hybridized carbons (Fsp3) is 0.333. The van der Waals surface area contributed by atoms with Crippen LogP contribution >= 0.6 is 11.6 Å². The Morgan fingerprint density at radius 2 is 2.07 bits per heavy atom. The molecule has 10 heteroatoms. The summed E-state index contributed by atoms with van der Waals surface area (Å²) in [5.74, 6) is -1.86. The lowest BCUT2D eigenvalue weighted by atomic mass is 10.2. The Balaban J connectivity index is 1.94. The van der Waals surface area contributed by atoms with Crippen molar-refractivity contribution in [3.63, 3.8) is 0 Å². The molecule has 0 aliphatic heterocycles. The number of nitrogens with zero attached hydrogens (tertiary/aromatic N) is 2. The van der Waals surface area contributed by atoms with Crippen LogP contribution in [0.1, 0.15) is 24.0 Å². The van der Waals surface area contributed by atoms with Crippen LogP contribution in [0.5, 0.6) is 0 Å². The van der Waals surface area contributed by atoms with Crippen LogP contribution in [0, 0.1) is 12.7 Å². The number of aliphatic imine (C=N–C) groups is 1. The average Bonchev–Trinajstić information content (AvgIpc) is 3.39. The van der Waals surface area contributed by atoms with E-state index in [0.29, 0.717) is 11.4 Å². The molecule has 1 aliphatic carbocycles. The third-order valence-electron chi connectivity index (χ3n) is 3.92. The maximum atomic E-state index is 14.4. The Hall–Kier alpha value is -2.00. The molecule has 0 spiro atoms. The van der Waals surface area contributed by atoms with Gasteiger partial charge >= 0.3 is 6.18 Å². The third-order valence-corrected chi connectivity index (χ3v) is 5.66. The maximum Gasteiger partial charge on any atom is 0.400 e. The number of anilines is 1. The highest BCUT2D eigenvalue weighted by Gasteiger charge is 2.32. The Labute approximate surface area is 166 Å². The molecule has 1 fully saturated rings. The highest BCUT2D eigenvalue weighted by Crippen LogP contribution is 2.28. The fourth-order valence-electron chi connectivity index (χ4n) is 2.43. The van der Waals surface area contributed by atoms with Gasteiger partial charge in [0.1, 0.15) is 22.6 Å². The van der Waals surface area contributed by atoms with Gasteiger partial charge in [0.05, 0.1) is 22.5 Å². The fourth-order valence-corrected chi connectivity index (χ4v) is 3.66. The topological polar surface area (TPSA) is 54.4 Å². The summed E-state index contributed by atoms with van der Waals surface area (Å²) in [7, 11) is -2.35. The highest BCUT2D eigenvalue weighted by atomic mass is 35.5. The van der Waals surface area contributed by atoms with Crippen molar-refractivity contribution in [3.05, 3.63) is 52.6 Å². The number of hydrogen-bond acceptors (Lipinski definition) is 3. The van der Waals surface area contributed by atoms with Crippen LogP contribution in [-0.2, 0) is 10.8 Å². The van der Waals surface area contributed by atoms with E-state index >= 15 is 0 Å². The van der Waals surface area contributed by atoms with E-state index < -0.39 is 28.5 Å². The zero-order chi connectivity index (χ0) is 20.5. The van der Waals surface area contributed by atoms with Crippen LogP contribution in [0.2, 0.25) is 5.15 Å². The summed E-state index contributed by atoms with van der Waals surface area (Å²) in [5, 5.41) is 3.09. The van der Waals surface area contributed by atoms with E-state index in [1.165, 1.54) is 13.1 Å². The lowest BCUT2D eigenvalue weighted by Gasteiger charge is -2.15. The monoisotopic (exact) mass is 433 g/mol. The Morgan fingerprint density at radius 1 is 1.36 bits per heavy atom. The Bertz CT molecular complexity index is 928. The van der Waals surface area contributed by atoms with Gasteiger partial charge in [0, 0.05) is 16.7 Å². The predicted molar refractivity (Wildman–Crippen MR) is 101 cm³/mol. The van der Waals surface area contributed by atoms with Crippen molar-refractivity contribution in [2.75, 3.05) is 11.1 Å². The van der Waals surface area contributed by atoms with Gasteiger partial charge in [0.2, 0.25) is 0 Å². The molecule has 1 aliphatic rings. The van der Waals surface area contributed by atoms with Crippen molar-refractivity contribution in [2.24, 2.45) is 4.99 Å². The van der Waals surface area contributed by atoms with Crippen molar-refractivity contribution < 1.29 is 21.8 Å². The Kier molecular flexibility index (Phi) is 6.04. The molecular weight excluding hydrogens is 418 g/mol. The number of benzene rings is 1. The second-order valence-electron chi connectivity index (χ2n) is 6.41. The largest absolute Gasteiger partial charge is 0.400 e. The minimum Gasteiger partial charge on any atom is -0.338 e. The zero-order valence-corrected chi connectivity index (χ0v) is 16.3. The van der Waals surface area contributed by atoms with Crippen molar-refractivity contribution in [1.82, 2.24) is 4.98 Å². The van der Waals surface area contributed by atoms with E-state index in [1.807, 2.05) is 0 Å². The number of nitrogens with one attached hydrogen (secondary N) is 1. The van der Waals surface area contributed by atoms with Crippen molar-refractivity contribution in [1.29, 1.82) is 0 Å². The average molecular weight is 434 g/mol. The van der Waals surface area contributed by atoms with Gasteiger partial charge in [-0.2, -0.15) is 13.2 Å². The number of amidine groups is 1. The summed E-state index contributed by atoms with van der Waals surface area (Å²) >= 11 is 5.79. The van der Waals surface area contributed by atoms with E-state index in [1.54, 1.807) is 12.1 Å². The second kappa shape index (κ2) is 8.16. The van der Waals surface area contributed by atoms with Gasteiger partial charge in [0.25, 0.3) is 0 Å². The van der Waals surface area contributed by atoms with Gasteiger partial charge in [-0.15, -0.1) is 0 Å². The van der Waals surface area contributed by atoms with E-state index in [-0.39, 0.29) is 27.3 Å². The molecule has 1 saturated carbocycles. The number of pyridine rings is 1. The first-order valence-electron chi connectivity index (χ1n) is 8.34. The predicted octanol–water partition coefficient (Wildman–Crippen LogP) is 4.87. The van der Waals surface area contributed by atoms with Crippen LogP contribution in [0.4, 0.5) is 23.2 Å². The molecule has 0 saturated heterocycles. The summed E-state index contributed by atoms with van der Waals surface area (Å²) in [6.07, 6.45) is -1.34. The molecule has 0 bridgehead atoms. The molecule has 0 amide bonds. The number of aryl methyl sites for hydroxylation is 1. The summed E-state index contributed by atoms with van der Waals surface area (Å²) in [6, 6.07) is 5.49. The van der Waals surface area contributed by atoms with Crippen molar-refractivity contribution in [2.45, 2.75) is 36.9 Å². The van der Waals surface area contributed by atoms with Crippen molar-refractivity contribution >= 4 is 33.9 Å². The number of aromatic nitrogens is 1. The van der Waals surface area contributed by atoms with Crippen LogP contribution in [0.25, 0.3) is 0 Å². The number of rotatable bonds is 5. The molecule has 1 unspecified atom stereocenters. The summed E-state index contributed by atoms with van der Waals surface area (Å²) in [6.45, 7) is 1.42. The number of halogens is 5. The van der Waals surface area contributed by atoms with Crippen LogP contribution in [0.15, 0.2) is 40.4 Å². The lowest BCUT2D eigenvalue weighted by molar-refractivity contribution is -0.105.